The minimum absolute atomic E-state index is 0. The van der Waals surface area contributed by atoms with Crippen molar-refractivity contribution in [1.82, 2.24) is 5.32 Å². The maximum Gasteiger partial charge on any atom is 0.512 e. The van der Waals surface area contributed by atoms with Crippen LogP contribution in [0.15, 0.2) is 58.3 Å². The van der Waals surface area contributed by atoms with E-state index in [0.717, 1.165) is 6.54 Å². The molecule has 1 N–H and O–H groups in total. The summed E-state index contributed by atoms with van der Waals surface area (Å²) in [6.07, 6.45) is -0.735. The van der Waals surface area contributed by atoms with Gasteiger partial charge >= 0.3 is 12.2 Å². The Morgan fingerprint density at radius 2 is 1.57 bits per heavy atom. The Balaban J connectivity index is 0.00000481. The molecule has 0 aliphatic carbocycles. The molecule has 10 heteroatoms. The average Bonchev–Trinajstić information content (AvgIpc) is 2.81. The molecule has 1 unspecified atom stereocenters. The van der Waals surface area contributed by atoms with Crippen LogP contribution in [0.2, 0.25) is 0 Å². The number of carbonyl (C=O) groups excluding carboxylic acids is 2. The number of fused-ring (bicyclic) bond motifs is 2. The number of halogens is 1. The molecule has 1 aliphatic rings. The number of carbonyl (C=O) groups is 2. The molecule has 8 nitrogen and oxygen atoms in total. The van der Waals surface area contributed by atoms with Crippen LogP contribution in [0.25, 0.3) is 0 Å². The molecule has 0 spiro atoms. The van der Waals surface area contributed by atoms with Crippen molar-refractivity contribution in [3.63, 3.8) is 0 Å². The van der Waals surface area contributed by atoms with Crippen molar-refractivity contribution in [2.24, 2.45) is 0 Å². The number of likely N-dealkylation sites (N-methyl/N-ethyl adjacent to an activating group) is 1. The van der Waals surface area contributed by atoms with Crippen molar-refractivity contribution in [1.29, 1.82) is 0 Å². The number of quaternary nitrogens is 1. The zero-order valence-corrected chi connectivity index (χ0v) is 24.0. The smallest absolute Gasteiger partial charge is 0.512 e. The molecule has 204 valence electrons. The Hall–Kier alpha value is -2.62. The zero-order chi connectivity index (χ0) is 26.3. The van der Waals surface area contributed by atoms with E-state index >= 15 is 0 Å². The van der Waals surface area contributed by atoms with E-state index in [2.05, 4.69) is 65.7 Å². The van der Waals surface area contributed by atoms with Crippen molar-refractivity contribution in [2.45, 2.75) is 55.5 Å². The van der Waals surface area contributed by atoms with E-state index in [-0.39, 0.29) is 31.8 Å². The molecule has 0 aromatic heterocycles. The molecule has 1 aliphatic heterocycles. The second kappa shape index (κ2) is 13.3. The first-order valence-corrected chi connectivity index (χ1v) is 13.0. The third kappa shape index (κ3) is 9.02. The topological polar surface area (TPSA) is 77.1 Å². The van der Waals surface area contributed by atoms with E-state index in [9.17, 15) is 9.59 Å². The van der Waals surface area contributed by atoms with Gasteiger partial charge in [0.25, 0.3) is 0 Å². The van der Waals surface area contributed by atoms with Gasteiger partial charge in [0.1, 0.15) is 11.6 Å². The van der Waals surface area contributed by atoms with Crippen LogP contribution in [0.4, 0.5) is 21.0 Å². The lowest BCUT2D eigenvalue weighted by Gasteiger charge is -2.40. The predicted molar refractivity (Wildman–Crippen MR) is 142 cm³/mol. The van der Waals surface area contributed by atoms with Gasteiger partial charge in [-0.15, -0.1) is 0 Å². The predicted octanol–water partition coefficient (Wildman–Crippen LogP) is 2.78. The number of benzene rings is 2. The molecule has 1 atom stereocenters. The van der Waals surface area contributed by atoms with Gasteiger partial charge in [0.15, 0.2) is 0 Å². The monoisotopic (exact) mass is 551 g/mol. The second-order valence-electron chi connectivity index (χ2n) is 10.4. The number of alkyl carbamates (subject to hydrolysis) is 1. The second-order valence-corrected chi connectivity index (χ2v) is 11.5. The highest BCUT2D eigenvalue weighted by molar-refractivity contribution is 7.99. The molecular weight excluding hydrogens is 514 g/mol. The van der Waals surface area contributed by atoms with E-state index in [1.54, 1.807) is 32.5 Å². The Labute approximate surface area is 230 Å². The van der Waals surface area contributed by atoms with Crippen molar-refractivity contribution >= 4 is 35.4 Å². The van der Waals surface area contributed by atoms with Gasteiger partial charge < -0.3 is 36.8 Å². The van der Waals surface area contributed by atoms with Crippen LogP contribution in [0.1, 0.15) is 34.1 Å². The number of para-hydroxylation sites is 2. The molecule has 0 bridgehead atoms. The Kier molecular flexibility index (Phi) is 11.0. The highest BCUT2D eigenvalue weighted by atomic mass is 35.5. The molecule has 37 heavy (non-hydrogen) atoms. The van der Waals surface area contributed by atoms with Crippen LogP contribution in [0.3, 0.4) is 0 Å². The SMILES string of the molecule is CC(CN1c2ccccc2Sc2ccccc21)[N+](C)(C)COC(=O)OCCCNC(=O)OC(C)(C)C.[Cl-]. The average molecular weight is 552 g/mol. The summed E-state index contributed by atoms with van der Waals surface area (Å²) in [7, 11) is 4.08. The molecule has 1 amide bonds. The van der Waals surface area contributed by atoms with Gasteiger partial charge in [-0.3, -0.25) is 4.48 Å². The first-order valence-electron chi connectivity index (χ1n) is 12.2. The summed E-state index contributed by atoms with van der Waals surface area (Å²) in [5, 5.41) is 2.63. The molecule has 0 fully saturated rings. The van der Waals surface area contributed by atoms with Crippen molar-refractivity contribution < 1.29 is 40.7 Å². The number of nitrogens with one attached hydrogen (secondary N) is 1. The molecule has 2 aromatic carbocycles. The normalized spacial score (nSPS) is 13.4. The Bertz CT molecular complexity index is 1010. The van der Waals surface area contributed by atoms with Crippen LogP contribution in [0.5, 0.6) is 0 Å². The van der Waals surface area contributed by atoms with Gasteiger partial charge in [-0.05, 0) is 58.4 Å². The van der Waals surface area contributed by atoms with Crippen LogP contribution in [0, 0.1) is 0 Å². The summed E-state index contributed by atoms with van der Waals surface area (Å²) in [5.41, 5.74) is 1.83. The number of nitrogens with zero attached hydrogens (tertiary/aromatic N) is 2. The summed E-state index contributed by atoms with van der Waals surface area (Å²) < 4.78 is 16.2. The zero-order valence-electron chi connectivity index (χ0n) is 22.5. The Morgan fingerprint density at radius 3 is 2.14 bits per heavy atom. The third-order valence-electron chi connectivity index (χ3n) is 5.90. The third-order valence-corrected chi connectivity index (χ3v) is 7.03. The maximum atomic E-state index is 12.1. The minimum atomic E-state index is -0.712. The number of anilines is 2. The highest BCUT2D eigenvalue weighted by Crippen LogP contribution is 2.47. The van der Waals surface area contributed by atoms with Crippen LogP contribution in [-0.4, -0.2) is 68.9 Å². The minimum Gasteiger partial charge on any atom is -1.00 e. The summed E-state index contributed by atoms with van der Waals surface area (Å²) in [5.74, 6) is 0. The number of ether oxygens (including phenoxy) is 3. The van der Waals surface area contributed by atoms with E-state index in [4.69, 9.17) is 14.2 Å². The Morgan fingerprint density at radius 1 is 1.00 bits per heavy atom. The molecule has 0 radical (unpaired) electrons. The van der Waals surface area contributed by atoms with Gasteiger partial charge in [0, 0.05) is 16.3 Å². The first kappa shape index (κ1) is 30.6. The standard InChI is InChI=1S/C27H37N3O5S.ClH/c1-20(18-29-21-12-7-9-14-23(21)36-24-15-10-8-13-22(24)29)30(5,6)19-34-26(32)33-17-11-16-28-25(31)35-27(2,3)4;/h7-10,12-15,20H,11,16-19H2,1-6H3;1H. The number of rotatable bonds is 9. The summed E-state index contributed by atoms with van der Waals surface area (Å²) >= 11 is 1.79. The number of hydrogen-bond acceptors (Lipinski definition) is 7. The number of hydrogen-bond donors (Lipinski definition) is 1. The van der Waals surface area contributed by atoms with Gasteiger partial charge in [-0.2, -0.15) is 0 Å². The fraction of sp³-hybridized carbons (Fsp3) is 0.481. The number of amides is 1. The molecule has 0 saturated carbocycles. The van der Waals surface area contributed by atoms with Gasteiger partial charge in [0.2, 0.25) is 6.73 Å². The molecular formula is C27H38ClN3O5S. The lowest BCUT2D eigenvalue weighted by atomic mass is 10.1. The van der Waals surface area contributed by atoms with Crippen LogP contribution in [-0.2, 0) is 14.2 Å². The molecule has 3 rings (SSSR count). The fourth-order valence-corrected chi connectivity index (χ4v) is 4.68. The van der Waals surface area contributed by atoms with E-state index < -0.39 is 17.8 Å². The van der Waals surface area contributed by atoms with E-state index in [1.165, 1.54) is 21.2 Å². The molecule has 1 heterocycles. The van der Waals surface area contributed by atoms with Gasteiger partial charge in [-0.25, -0.2) is 9.59 Å². The molecule has 2 aromatic rings. The van der Waals surface area contributed by atoms with Crippen molar-refractivity contribution in [3.05, 3.63) is 48.5 Å². The van der Waals surface area contributed by atoms with E-state index in [1.807, 2.05) is 14.1 Å². The van der Waals surface area contributed by atoms with Gasteiger partial charge in [-0.1, -0.05) is 36.0 Å². The quantitative estimate of drug-likeness (QED) is 0.222. The largest absolute Gasteiger partial charge is 1.00 e. The van der Waals surface area contributed by atoms with Crippen molar-refractivity contribution in [2.75, 3.05) is 45.4 Å². The first-order chi connectivity index (χ1) is 17.0. The molecule has 0 saturated heterocycles. The summed E-state index contributed by atoms with van der Waals surface area (Å²) in [6.45, 7) is 9.00. The van der Waals surface area contributed by atoms with Gasteiger partial charge in [0.05, 0.1) is 38.6 Å². The highest BCUT2D eigenvalue weighted by Gasteiger charge is 2.31. The fourth-order valence-electron chi connectivity index (χ4n) is 3.58. The lowest BCUT2D eigenvalue weighted by molar-refractivity contribution is -0.927. The van der Waals surface area contributed by atoms with Crippen LogP contribution < -0.4 is 22.6 Å². The van der Waals surface area contributed by atoms with Crippen LogP contribution >= 0.6 is 11.8 Å². The summed E-state index contributed by atoms with van der Waals surface area (Å²) in [4.78, 5) is 28.6. The lowest BCUT2D eigenvalue weighted by Crippen LogP contribution is -3.00. The van der Waals surface area contributed by atoms with E-state index in [0.29, 0.717) is 17.4 Å². The maximum absolute atomic E-state index is 12.1. The summed E-state index contributed by atoms with van der Waals surface area (Å²) in [6, 6.07) is 17.0. The van der Waals surface area contributed by atoms with Crippen molar-refractivity contribution in [3.8, 4) is 0 Å².